The number of nitrogens with zero attached hydrogens (tertiary/aromatic N) is 7. The normalized spacial score (nSPS) is 13.5. The SMILES string of the molecule is Cc1cc(Nc2ncnc3sc4c(c23)CCN(C(=O)/C=C/CN(C)C)C4)ccc1Oc1ccc2ncnn2c1. The van der Waals surface area contributed by atoms with E-state index in [1.807, 2.05) is 67.2 Å². The zero-order chi connectivity index (χ0) is 26.9. The van der Waals surface area contributed by atoms with Gasteiger partial charge in [-0.15, -0.1) is 11.3 Å². The third-order valence-electron chi connectivity index (χ3n) is 6.59. The molecule has 1 aliphatic heterocycles. The van der Waals surface area contributed by atoms with E-state index in [0.717, 1.165) is 51.6 Å². The van der Waals surface area contributed by atoms with E-state index in [2.05, 4.69) is 25.4 Å². The molecule has 0 unspecified atom stereocenters. The Balaban J connectivity index is 1.20. The molecule has 5 aromatic rings. The summed E-state index contributed by atoms with van der Waals surface area (Å²) in [5.74, 6) is 2.25. The van der Waals surface area contributed by atoms with Gasteiger partial charge in [0, 0.05) is 29.7 Å². The fourth-order valence-corrected chi connectivity index (χ4v) is 5.85. The molecule has 5 heterocycles. The number of anilines is 2. The van der Waals surface area contributed by atoms with Crippen molar-refractivity contribution < 1.29 is 9.53 Å². The molecule has 39 heavy (non-hydrogen) atoms. The molecule has 0 fully saturated rings. The summed E-state index contributed by atoms with van der Waals surface area (Å²) >= 11 is 1.63. The van der Waals surface area contributed by atoms with E-state index in [0.29, 0.717) is 18.8 Å². The first kappa shape index (κ1) is 25.0. The standard InChI is InChI=1S/C28H28N8O2S/c1-18-13-19(6-8-22(18)38-20-7-9-24-29-17-32-36(24)14-20)33-27-26-21-10-12-35(25(37)5-4-11-34(2)3)15-23(21)39-28(26)31-16-30-27/h4-9,13-14,16-17H,10-12,15H2,1-3H3,(H,30,31,33)/b5-4+. The number of carbonyl (C=O) groups excluding carboxylic acids is 1. The van der Waals surface area contributed by atoms with Crippen LogP contribution in [0.4, 0.5) is 11.5 Å². The van der Waals surface area contributed by atoms with Crippen molar-refractivity contribution in [3.63, 3.8) is 0 Å². The molecule has 10 nitrogen and oxygen atoms in total. The molecule has 4 aromatic heterocycles. The summed E-state index contributed by atoms with van der Waals surface area (Å²) in [6.45, 7) is 4.01. The van der Waals surface area contributed by atoms with Crippen LogP contribution in [0.3, 0.4) is 0 Å². The predicted molar refractivity (Wildman–Crippen MR) is 152 cm³/mol. The Morgan fingerprint density at radius 3 is 2.92 bits per heavy atom. The predicted octanol–water partition coefficient (Wildman–Crippen LogP) is 4.58. The maximum atomic E-state index is 12.7. The first-order valence-corrected chi connectivity index (χ1v) is 13.5. The number of thiophene rings is 1. The number of likely N-dealkylation sites (N-methyl/N-ethyl adjacent to an activating group) is 1. The summed E-state index contributed by atoms with van der Waals surface area (Å²) in [5.41, 5.74) is 3.87. The molecular weight excluding hydrogens is 512 g/mol. The lowest BCUT2D eigenvalue weighted by Crippen LogP contribution is -2.34. The van der Waals surface area contributed by atoms with Gasteiger partial charge in [-0.05, 0) is 68.9 Å². The fraction of sp³-hybridized carbons (Fsp3) is 0.250. The molecule has 0 aliphatic carbocycles. The Morgan fingerprint density at radius 2 is 2.08 bits per heavy atom. The molecule has 11 heteroatoms. The van der Waals surface area contributed by atoms with Gasteiger partial charge in [-0.2, -0.15) is 5.10 Å². The third-order valence-corrected chi connectivity index (χ3v) is 7.72. The van der Waals surface area contributed by atoms with Crippen LogP contribution in [0.15, 0.2) is 61.3 Å². The van der Waals surface area contributed by atoms with Gasteiger partial charge in [0.25, 0.3) is 0 Å². The van der Waals surface area contributed by atoms with Crippen LogP contribution in [0.1, 0.15) is 16.0 Å². The van der Waals surface area contributed by atoms with Crippen molar-refractivity contribution >= 4 is 44.6 Å². The highest BCUT2D eigenvalue weighted by molar-refractivity contribution is 7.19. The van der Waals surface area contributed by atoms with E-state index >= 15 is 0 Å². The first-order chi connectivity index (χ1) is 18.9. The number of aromatic nitrogens is 5. The highest BCUT2D eigenvalue weighted by Crippen LogP contribution is 2.38. The number of aryl methyl sites for hydroxylation is 1. The second-order valence-corrected chi connectivity index (χ2v) is 10.8. The summed E-state index contributed by atoms with van der Waals surface area (Å²) in [6.07, 6.45) is 9.26. The van der Waals surface area contributed by atoms with Crippen molar-refractivity contribution in [3.05, 3.63) is 77.3 Å². The van der Waals surface area contributed by atoms with Gasteiger partial charge in [-0.25, -0.2) is 19.5 Å². The number of carbonyl (C=O) groups is 1. The highest BCUT2D eigenvalue weighted by Gasteiger charge is 2.25. The van der Waals surface area contributed by atoms with Crippen molar-refractivity contribution in [2.75, 3.05) is 32.5 Å². The molecule has 0 spiro atoms. The first-order valence-electron chi connectivity index (χ1n) is 12.6. The average molecular weight is 541 g/mol. The minimum absolute atomic E-state index is 0.0448. The number of amides is 1. The van der Waals surface area contributed by atoms with E-state index in [1.165, 1.54) is 16.8 Å². The van der Waals surface area contributed by atoms with Crippen LogP contribution < -0.4 is 10.1 Å². The van der Waals surface area contributed by atoms with Crippen LogP contribution in [0.2, 0.25) is 0 Å². The van der Waals surface area contributed by atoms with Gasteiger partial charge >= 0.3 is 0 Å². The molecule has 0 saturated heterocycles. The second-order valence-electron chi connectivity index (χ2n) is 9.72. The topological polar surface area (TPSA) is 101 Å². The number of rotatable bonds is 7. The van der Waals surface area contributed by atoms with Crippen LogP contribution in [0.25, 0.3) is 15.9 Å². The van der Waals surface area contributed by atoms with Gasteiger partial charge in [0.1, 0.15) is 34.8 Å². The third kappa shape index (κ3) is 5.18. The molecule has 0 radical (unpaired) electrons. The molecule has 1 N–H and O–H groups in total. The van der Waals surface area contributed by atoms with Gasteiger partial charge in [0.2, 0.25) is 5.91 Å². The number of nitrogens with one attached hydrogen (secondary N) is 1. The minimum Gasteiger partial charge on any atom is -0.455 e. The van der Waals surface area contributed by atoms with Gasteiger partial charge in [-0.3, -0.25) is 4.79 Å². The lowest BCUT2D eigenvalue weighted by atomic mass is 10.0. The molecule has 1 aliphatic rings. The van der Waals surface area contributed by atoms with Crippen LogP contribution in [-0.4, -0.2) is 67.5 Å². The van der Waals surface area contributed by atoms with Crippen molar-refractivity contribution in [2.45, 2.75) is 19.9 Å². The molecular formula is C28H28N8O2S. The number of hydrogen-bond acceptors (Lipinski definition) is 9. The Morgan fingerprint density at radius 1 is 1.18 bits per heavy atom. The van der Waals surface area contributed by atoms with E-state index in [-0.39, 0.29) is 5.91 Å². The van der Waals surface area contributed by atoms with Gasteiger partial charge in [0.05, 0.1) is 18.1 Å². The van der Waals surface area contributed by atoms with Crippen molar-refractivity contribution in [2.24, 2.45) is 0 Å². The Hall–Kier alpha value is -4.35. The number of ether oxygens (including phenoxy) is 1. The van der Waals surface area contributed by atoms with Gasteiger partial charge in [-0.1, -0.05) is 6.08 Å². The van der Waals surface area contributed by atoms with E-state index in [1.54, 1.807) is 34.5 Å². The summed E-state index contributed by atoms with van der Waals surface area (Å²) in [4.78, 5) is 32.0. The zero-order valence-corrected chi connectivity index (χ0v) is 22.8. The van der Waals surface area contributed by atoms with Crippen LogP contribution >= 0.6 is 11.3 Å². The summed E-state index contributed by atoms with van der Waals surface area (Å²) in [5, 5.41) is 8.69. The smallest absolute Gasteiger partial charge is 0.246 e. The van der Waals surface area contributed by atoms with Crippen molar-refractivity contribution in [1.29, 1.82) is 0 Å². The molecule has 0 bridgehead atoms. The maximum absolute atomic E-state index is 12.7. The van der Waals surface area contributed by atoms with Crippen LogP contribution in [0.5, 0.6) is 11.5 Å². The molecule has 1 amide bonds. The van der Waals surface area contributed by atoms with E-state index in [9.17, 15) is 4.79 Å². The number of fused-ring (bicyclic) bond motifs is 4. The van der Waals surface area contributed by atoms with Crippen LogP contribution in [0, 0.1) is 6.92 Å². The van der Waals surface area contributed by atoms with Crippen LogP contribution in [-0.2, 0) is 17.8 Å². The molecule has 0 atom stereocenters. The lowest BCUT2D eigenvalue weighted by Gasteiger charge is -2.26. The quantitative estimate of drug-likeness (QED) is 0.300. The number of pyridine rings is 1. The van der Waals surface area contributed by atoms with Gasteiger partial charge < -0.3 is 19.9 Å². The zero-order valence-electron chi connectivity index (χ0n) is 22.0. The van der Waals surface area contributed by atoms with E-state index < -0.39 is 0 Å². The Kier molecular flexibility index (Phi) is 6.67. The fourth-order valence-electron chi connectivity index (χ4n) is 4.64. The molecule has 1 aromatic carbocycles. The second kappa shape index (κ2) is 10.4. The summed E-state index contributed by atoms with van der Waals surface area (Å²) < 4.78 is 7.79. The average Bonchev–Trinajstić information content (AvgIpc) is 3.54. The number of benzene rings is 1. The highest BCUT2D eigenvalue weighted by atomic mass is 32.1. The van der Waals surface area contributed by atoms with Crippen molar-refractivity contribution in [1.82, 2.24) is 34.4 Å². The summed E-state index contributed by atoms with van der Waals surface area (Å²) in [7, 11) is 3.97. The minimum atomic E-state index is 0.0448. The monoisotopic (exact) mass is 540 g/mol. The van der Waals surface area contributed by atoms with Crippen molar-refractivity contribution in [3.8, 4) is 11.5 Å². The lowest BCUT2D eigenvalue weighted by molar-refractivity contribution is -0.126. The van der Waals surface area contributed by atoms with Gasteiger partial charge in [0.15, 0.2) is 5.65 Å². The van der Waals surface area contributed by atoms with E-state index in [4.69, 9.17) is 4.74 Å². The Bertz CT molecular complexity index is 1710. The molecule has 198 valence electrons. The maximum Gasteiger partial charge on any atom is 0.246 e. The summed E-state index contributed by atoms with van der Waals surface area (Å²) in [6, 6.07) is 9.70. The molecule has 6 rings (SSSR count). The molecule has 0 saturated carbocycles. The number of hydrogen-bond donors (Lipinski definition) is 1. The Labute approximate surface area is 229 Å². The largest absolute Gasteiger partial charge is 0.455 e.